The van der Waals surface area contributed by atoms with Crippen LogP contribution in [0.2, 0.25) is 0 Å². The standard InChI is InChI=1S/C18H18N2O4/c21-17(15-10-13(18(22)23)6-8-19-15)20-14-7-9-24-16(11-14)12-4-2-1-3-5-12/h1-6,8,10,14,16H,7,9,11H2,(H,20,21)(H,22,23). The van der Waals surface area contributed by atoms with Crippen LogP contribution in [0.4, 0.5) is 0 Å². The molecule has 2 atom stereocenters. The van der Waals surface area contributed by atoms with Gasteiger partial charge < -0.3 is 15.2 Å². The largest absolute Gasteiger partial charge is 0.478 e. The van der Waals surface area contributed by atoms with Gasteiger partial charge in [0.2, 0.25) is 0 Å². The van der Waals surface area contributed by atoms with Crippen molar-refractivity contribution in [1.82, 2.24) is 10.3 Å². The fourth-order valence-corrected chi connectivity index (χ4v) is 2.78. The van der Waals surface area contributed by atoms with Crippen LogP contribution in [-0.2, 0) is 4.74 Å². The van der Waals surface area contributed by atoms with E-state index < -0.39 is 5.97 Å². The zero-order chi connectivity index (χ0) is 16.9. The number of hydrogen-bond acceptors (Lipinski definition) is 4. The maximum absolute atomic E-state index is 12.3. The highest BCUT2D eigenvalue weighted by Gasteiger charge is 2.25. The average Bonchev–Trinajstić information content (AvgIpc) is 2.63. The highest BCUT2D eigenvalue weighted by molar-refractivity contribution is 5.95. The number of hydrogen-bond donors (Lipinski definition) is 2. The van der Waals surface area contributed by atoms with Gasteiger partial charge in [0.1, 0.15) is 5.69 Å². The van der Waals surface area contributed by atoms with Crippen molar-refractivity contribution >= 4 is 11.9 Å². The van der Waals surface area contributed by atoms with E-state index in [4.69, 9.17) is 9.84 Å². The molecule has 2 N–H and O–H groups in total. The van der Waals surface area contributed by atoms with Crippen molar-refractivity contribution in [3.63, 3.8) is 0 Å². The lowest BCUT2D eigenvalue weighted by molar-refractivity contribution is 0.000867. The van der Waals surface area contributed by atoms with Crippen molar-refractivity contribution in [3.8, 4) is 0 Å². The monoisotopic (exact) mass is 326 g/mol. The van der Waals surface area contributed by atoms with Gasteiger partial charge in [0.25, 0.3) is 5.91 Å². The van der Waals surface area contributed by atoms with Crippen molar-refractivity contribution in [2.75, 3.05) is 6.61 Å². The molecule has 6 heteroatoms. The lowest BCUT2D eigenvalue weighted by atomic mass is 9.97. The molecule has 1 aliphatic rings. The zero-order valence-electron chi connectivity index (χ0n) is 13.0. The number of aromatic nitrogens is 1. The van der Waals surface area contributed by atoms with Gasteiger partial charge in [-0.25, -0.2) is 4.79 Å². The molecule has 2 heterocycles. The molecule has 24 heavy (non-hydrogen) atoms. The number of carbonyl (C=O) groups excluding carboxylic acids is 1. The van der Waals surface area contributed by atoms with Gasteiger partial charge in [-0.2, -0.15) is 0 Å². The summed E-state index contributed by atoms with van der Waals surface area (Å²) < 4.78 is 5.79. The van der Waals surface area contributed by atoms with Gasteiger partial charge in [0.15, 0.2) is 0 Å². The number of carboxylic acids is 1. The second kappa shape index (κ2) is 7.23. The van der Waals surface area contributed by atoms with E-state index in [-0.39, 0.29) is 29.3 Å². The molecule has 0 bridgehead atoms. The number of rotatable bonds is 4. The minimum absolute atomic E-state index is 0.0354. The predicted molar refractivity (Wildman–Crippen MR) is 86.8 cm³/mol. The number of carbonyl (C=O) groups is 2. The van der Waals surface area contributed by atoms with Gasteiger partial charge in [-0.05, 0) is 30.5 Å². The summed E-state index contributed by atoms with van der Waals surface area (Å²) in [5, 5.41) is 11.9. The van der Waals surface area contributed by atoms with Gasteiger partial charge in [-0.3, -0.25) is 9.78 Å². The Morgan fingerprint density at radius 1 is 1.21 bits per heavy atom. The van der Waals surface area contributed by atoms with Crippen LogP contribution in [0.15, 0.2) is 48.7 Å². The van der Waals surface area contributed by atoms with Crippen molar-refractivity contribution in [2.45, 2.75) is 25.0 Å². The quantitative estimate of drug-likeness (QED) is 0.901. The van der Waals surface area contributed by atoms with Crippen LogP contribution in [0.1, 0.15) is 45.4 Å². The second-order valence-electron chi connectivity index (χ2n) is 5.70. The molecular weight excluding hydrogens is 308 g/mol. The van der Waals surface area contributed by atoms with Gasteiger partial charge in [-0.1, -0.05) is 30.3 Å². The van der Waals surface area contributed by atoms with Gasteiger partial charge in [0.05, 0.1) is 11.7 Å². The summed E-state index contributed by atoms with van der Waals surface area (Å²) in [7, 11) is 0. The number of aromatic carboxylic acids is 1. The van der Waals surface area contributed by atoms with Crippen molar-refractivity contribution in [2.24, 2.45) is 0 Å². The molecule has 2 aromatic rings. The molecule has 1 amide bonds. The molecule has 124 valence electrons. The molecular formula is C18H18N2O4. The summed E-state index contributed by atoms with van der Waals surface area (Å²) >= 11 is 0. The first-order chi connectivity index (χ1) is 11.6. The van der Waals surface area contributed by atoms with Crippen LogP contribution in [-0.4, -0.2) is 34.6 Å². The Balaban J connectivity index is 1.66. The molecule has 1 aliphatic heterocycles. The van der Waals surface area contributed by atoms with Crippen molar-refractivity contribution < 1.29 is 19.4 Å². The Labute approximate surface area is 139 Å². The van der Waals surface area contributed by atoms with Crippen LogP contribution in [0.3, 0.4) is 0 Å². The van der Waals surface area contributed by atoms with Crippen LogP contribution >= 0.6 is 0 Å². The second-order valence-corrected chi connectivity index (χ2v) is 5.70. The first-order valence-electron chi connectivity index (χ1n) is 7.80. The average molecular weight is 326 g/mol. The van der Waals surface area contributed by atoms with Crippen LogP contribution in [0.5, 0.6) is 0 Å². The van der Waals surface area contributed by atoms with E-state index in [1.54, 1.807) is 0 Å². The lowest BCUT2D eigenvalue weighted by Gasteiger charge is -2.30. The third-order valence-corrected chi connectivity index (χ3v) is 4.03. The highest BCUT2D eigenvalue weighted by atomic mass is 16.5. The minimum atomic E-state index is -1.08. The Bertz CT molecular complexity index is 733. The normalized spacial score (nSPS) is 20.3. The minimum Gasteiger partial charge on any atom is -0.478 e. The van der Waals surface area contributed by atoms with E-state index in [1.807, 2.05) is 30.3 Å². The predicted octanol–water partition coefficient (Wildman–Crippen LogP) is 2.43. The third kappa shape index (κ3) is 3.78. The molecule has 2 unspecified atom stereocenters. The lowest BCUT2D eigenvalue weighted by Crippen LogP contribution is -2.40. The van der Waals surface area contributed by atoms with E-state index in [0.717, 1.165) is 5.56 Å². The van der Waals surface area contributed by atoms with Crippen molar-refractivity contribution in [1.29, 1.82) is 0 Å². The van der Waals surface area contributed by atoms with Crippen LogP contribution in [0.25, 0.3) is 0 Å². The Morgan fingerprint density at radius 3 is 2.75 bits per heavy atom. The van der Waals surface area contributed by atoms with E-state index in [0.29, 0.717) is 19.4 Å². The molecule has 0 aliphatic carbocycles. The first kappa shape index (κ1) is 16.1. The summed E-state index contributed by atoms with van der Waals surface area (Å²) in [6.07, 6.45) is 2.67. The number of carboxylic acid groups (broad SMARTS) is 1. The number of nitrogens with one attached hydrogen (secondary N) is 1. The molecule has 3 rings (SSSR count). The van der Waals surface area contributed by atoms with Gasteiger partial charge >= 0.3 is 5.97 Å². The third-order valence-electron chi connectivity index (χ3n) is 4.03. The summed E-state index contributed by atoms with van der Waals surface area (Å²) in [5.41, 5.74) is 1.24. The maximum atomic E-state index is 12.3. The Kier molecular flexibility index (Phi) is 4.86. The van der Waals surface area contributed by atoms with Crippen LogP contribution < -0.4 is 5.32 Å². The fourth-order valence-electron chi connectivity index (χ4n) is 2.78. The maximum Gasteiger partial charge on any atom is 0.335 e. The molecule has 0 saturated carbocycles. The van der Waals surface area contributed by atoms with E-state index in [1.165, 1.54) is 18.3 Å². The van der Waals surface area contributed by atoms with E-state index in [9.17, 15) is 9.59 Å². The molecule has 0 spiro atoms. The van der Waals surface area contributed by atoms with E-state index >= 15 is 0 Å². The highest BCUT2D eigenvalue weighted by Crippen LogP contribution is 2.28. The Morgan fingerprint density at radius 2 is 2.00 bits per heavy atom. The topological polar surface area (TPSA) is 88.5 Å². The summed E-state index contributed by atoms with van der Waals surface area (Å²) in [4.78, 5) is 27.3. The molecule has 1 fully saturated rings. The zero-order valence-corrected chi connectivity index (χ0v) is 13.0. The fraction of sp³-hybridized carbons (Fsp3) is 0.278. The summed E-state index contributed by atoms with van der Waals surface area (Å²) in [6.45, 7) is 0.563. The van der Waals surface area contributed by atoms with Gasteiger partial charge in [-0.15, -0.1) is 0 Å². The number of ether oxygens (including phenoxy) is 1. The summed E-state index contributed by atoms with van der Waals surface area (Å²) in [6, 6.07) is 12.5. The number of benzene rings is 1. The van der Waals surface area contributed by atoms with Gasteiger partial charge in [0, 0.05) is 18.8 Å². The first-order valence-corrected chi connectivity index (χ1v) is 7.80. The number of pyridine rings is 1. The molecule has 1 saturated heterocycles. The summed E-state index contributed by atoms with van der Waals surface area (Å²) in [5.74, 6) is -1.45. The Hall–Kier alpha value is -2.73. The number of amides is 1. The van der Waals surface area contributed by atoms with E-state index in [2.05, 4.69) is 10.3 Å². The molecule has 1 aromatic heterocycles. The molecule has 0 radical (unpaired) electrons. The molecule has 6 nitrogen and oxygen atoms in total. The number of nitrogens with zero attached hydrogens (tertiary/aromatic N) is 1. The smallest absolute Gasteiger partial charge is 0.335 e. The molecule has 1 aromatic carbocycles. The van der Waals surface area contributed by atoms with Crippen LogP contribution in [0, 0.1) is 0 Å². The van der Waals surface area contributed by atoms with Crippen molar-refractivity contribution in [3.05, 3.63) is 65.5 Å². The SMILES string of the molecule is O=C(O)c1ccnc(C(=O)NC2CCOC(c3ccccc3)C2)c1.